The zero-order valence-corrected chi connectivity index (χ0v) is 14.0. The van der Waals surface area contributed by atoms with Gasteiger partial charge in [-0.3, -0.25) is 9.78 Å². The van der Waals surface area contributed by atoms with Gasteiger partial charge in [0.1, 0.15) is 5.82 Å². The van der Waals surface area contributed by atoms with Gasteiger partial charge < -0.3 is 10.6 Å². The third-order valence-corrected chi connectivity index (χ3v) is 3.68. The number of alkyl halides is 3. The quantitative estimate of drug-likeness (QED) is 0.706. The maximum Gasteiger partial charge on any atom is 0.418 e. The topological polar surface area (TPSA) is 66.9 Å². The maximum absolute atomic E-state index is 13.0. The first-order chi connectivity index (χ1) is 12.9. The molecular formula is C19H15F3N4O. The number of carbonyl (C=O) groups is 1. The van der Waals surface area contributed by atoms with Crippen molar-refractivity contribution < 1.29 is 18.0 Å². The SMILES string of the molecule is O=C(NCc1ccccn1)c1ccc(Nc2ccccc2C(F)(F)F)nc1. The summed E-state index contributed by atoms with van der Waals surface area (Å²) in [7, 11) is 0. The Balaban J connectivity index is 1.66. The average molecular weight is 372 g/mol. The van der Waals surface area contributed by atoms with Gasteiger partial charge in [0.25, 0.3) is 5.91 Å². The Labute approximate surface area is 153 Å². The lowest BCUT2D eigenvalue weighted by molar-refractivity contribution is -0.136. The summed E-state index contributed by atoms with van der Waals surface area (Å²) in [6.07, 6.45) is -1.55. The summed E-state index contributed by atoms with van der Waals surface area (Å²) in [4.78, 5) is 20.2. The third kappa shape index (κ3) is 4.81. The van der Waals surface area contributed by atoms with E-state index in [0.717, 1.165) is 6.07 Å². The van der Waals surface area contributed by atoms with Crippen LogP contribution >= 0.6 is 0 Å². The molecule has 0 saturated heterocycles. The van der Waals surface area contributed by atoms with E-state index >= 15 is 0 Å². The fraction of sp³-hybridized carbons (Fsp3) is 0.105. The molecule has 0 aliphatic carbocycles. The number of hydrogen-bond acceptors (Lipinski definition) is 4. The summed E-state index contributed by atoms with van der Waals surface area (Å²) in [5.41, 5.74) is 0.107. The van der Waals surface area contributed by atoms with Crippen molar-refractivity contribution in [3.63, 3.8) is 0 Å². The fourth-order valence-electron chi connectivity index (χ4n) is 2.36. The van der Waals surface area contributed by atoms with E-state index < -0.39 is 11.7 Å². The molecule has 138 valence electrons. The number of nitrogens with zero attached hydrogens (tertiary/aromatic N) is 2. The second-order valence-electron chi connectivity index (χ2n) is 5.60. The van der Waals surface area contributed by atoms with Crippen molar-refractivity contribution in [1.82, 2.24) is 15.3 Å². The number of amides is 1. The molecule has 2 heterocycles. The van der Waals surface area contributed by atoms with E-state index in [4.69, 9.17) is 0 Å². The molecule has 0 saturated carbocycles. The van der Waals surface area contributed by atoms with E-state index in [1.54, 1.807) is 18.3 Å². The minimum Gasteiger partial charge on any atom is -0.346 e. The molecule has 0 bridgehead atoms. The van der Waals surface area contributed by atoms with Gasteiger partial charge in [0.15, 0.2) is 0 Å². The maximum atomic E-state index is 13.0. The summed E-state index contributed by atoms with van der Waals surface area (Å²) in [6, 6.07) is 13.4. The molecule has 0 aliphatic heterocycles. The van der Waals surface area contributed by atoms with Crippen molar-refractivity contribution in [2.45, 2.75) is 12.7 Å². The Morgan fingerprint density at radius 3 is 2.41 bits per heavy atom. The summed E-state index contributed by atoms with van der Waals surface area (Å²) < 4.78 is 39.1. The number of hydrogen-bond donors (Lipinski definition) is 2. The average Bonchev–Trinajstić information content (AvgIpc) is 2.67. The standard InChI is InChI=1S/C19H15F3N4O/c20-19(21,22)15-6-1-2-7-16(15)26-17-9-8-13(11-24-17)18(27)25-12-14-5-3-4-10-23-14/h1-11H,12H2,(H,24,26)(H,25,27). The number of rotatable bonds is 5. The minimum absolute atomic E-state index is 0.107. The first-order valence-corrected chi connectivity index (χ1v) is 8.01. The van der Waals surface area contributed by atoms with Crippen LogP contribution in [0.4, 0.5) is 24.7 Å². The highest BCUT2D eigenvalue weighted by Crippen LogP contribution is 2.35. The Bertz CT molecular complexity index is 912. The van der Waals surface area contributed by atoms with Crippen LogP contribution in [0.2, 0.25) is 0 Å². The monoisotopic (exact) mass is 372 g/mol. The van der Waals surface area contributed by atoms with E-state index in [-0.39, 0.29) is 24.0 Å². The van der Waals surface area contributed by atoms with Crippen molar-refractivity contribution in [1.29, 1.82) is 0 Å². The van der Waals surface area contributed by atoms with Crippen molar-refractivity contribution in [2.24, 2.45) is 0 Å². The first kappa shape index (κ1) is 18.4. The molecule has 8 heteroatoms. The van der Waals surface area contributed by atoms with Crippen molar-refractivity contribution in [3.05, 3.63) is 83.8 Å². The van der Waals surface area contributed by atoms with Crippen LogP contribution in [0, 0.1) is 0 Å². The number of para-hydroxylation sites is 1. The van der Waals surface area contributed by atoms with Crippen molar-refractivity contribution in [2.75, 3.05) is 5.32 Å². The van der Waals surface area contributed by atoms with Crippen LogP contribution in [-0.4, -0.2) is 15.9 Å². The number of anilines is 2. The summed E-state index contributed by atoms with van der Waals surface area (Å²) in [5, 5.41) is 5.33. The van der Waals surface area contributed by atoms with E-state index in [1.807, 2.05) is 6.07 Å². The van der Waals surface area contributed by atoms with Gasteiger partial charge in [-0.1, -0.05) is 18.2 Å². The predicted octanol–water partition coefficient (Wildman–Crippen LogP) is 4.17. The largest absolute Gasteiger partial charge is 0.418 e. The highest BCUT2D eigenvalue weighted by Gasteiger charge is 2.33. The zero-order valence-electron chi connectivity index (χ0n) is 14.0. The van der Waals surface area contributed by atoms with Crippen LogP contribution < -0.4 is 10.6 Å². The van der Waals surface area contributed by atoms with E-state index in [9.17, 15) is 18.0 Å². The first-order valence-electron chi connectivity index (χ1n) is 8.01. The number of carbonyl (C=O) groups excluding carboxylic acids is 1. The second kappa shape index (κ2) is 7.86. The molecule has 0 atom stereocenters. The lowest BCUT2D eigenvalue weighted by Gasteiger charge is -2.14. The normalized spacial score (nSPS) is 11.1. The number of benzene rings is 1. The van der Waals surface area contributed by atoms with Crippen LogP contribution in [-0.2, 0) is 12.7 Å². The fourth-order valence-corrected chi connectivity index (χ4v) is 2.36. The van der Waals surface area contributed by atoms with Crippen LogP contribution in [0.25, 0.3) is 0 Å². The van der Waals surface area contributed by atoms with Gasteiger partial charge in [0, 0.05) is 12.4 Å². The number of pyridine rings is 2. The lowest BCUT2D eigenvalue weighted by Crippen LogP contribution is -2.23. The summed E-state index contributed by atoms with van der Waals surface area (Å²) in [5.74, 6) is -0.150. The Morgan fingerprint density at radius 1 is 0.963 bits per heavy atom. The Hall–Kier alpha value is -3.42. The molecule has 1 aromatic carbocycles. The van der Waals surface area contributed by atoms with Crippen LogP contribution in [0.5, 0.6) is 0 Å². The molecule has 0 fully saturated rings. The summed E-state index contributed by atoms with van der Waals surface area (Å²) in [6.45, 7) is 0.263. The summed E-state index contributed by atoms with van der Waals surface area (Å²) >= 11 is 0. The van der Waals surface area contributed by atoms with Gasteiger partial charge in [0.2, 0.25) is 0 Å². The van der Waals surface area contributed by atoms with Crippen LogP contribution in [0.3, 0.4) is 0 Å². The van der Waals surface area contributed by atoms with Gasteiger partial charge in [-0.2, -0.15) is 13.2 Å². The van der Waals surface area contributed by atoms with Gasteiger partial charge in [-0.25, -0.2) is 4.98 Å². The number of aromatic nitrogens is 2. The molecular weight excluding hydrogens is 357 g/mol. The molecule has 3 rings (SSSR count). The molecule has 27 heavy (non-hydrogen) atoms. The second-order valence-corrected chi connectivity index (χ2v) is 5.60. The number of halogens is 3. The highest BCUT2D eigenvalue weighted by atomic mass is 19.4. The van der Waals surface area contributed by atoms with E-state index in [2.05, 4.69) is 20.6 Å². The van der Waals surface area contributed by atoms with Crippen molar-refractivity contribution >= 4 is 17.4 Å². The predicted molar refractivity (Wildman–Crippen MR) is 94.4 cm³/mol. The third-order valence-electron chi connectivity index (χ3n) is 3.68. The number of nitrogens with one attached hydrogen (secondary N) is 2. The van der Waals surface area contributed by atoms with Gasteiger partial charge in [-0.15, -0.1) is 0 Å². The van der Waals surface area contributed by atoms with E-state index in [1.165, 1.54) is 36.5 Å². The Kier molecular flexibility index (Phi) is 5.35. The Morgan fingerprint density at radius 2 is 1.74 bits per heavy atom. The van der Waals surface area contributed by atoms with Gasteiger partial charge in [0.05, 0.1) is 29.1 Å². The van der Waals surface area contributed by atoms with Crippen LogP contribution in [0.1, 0.15) is 21.6 Å². The van der Waals surface area contributed by atoms with Gasteiger partial charge >= 0.3 is 6.18 Å². The molecule has 1 amide bonds. The molecule has 3 aromatic rings. The molecule has 5 nitrogen and oxygen atoms in total. The van der Waals surface area contributed by atoms with Crippen molar-refractivity contribution in [3.8, 4) is 0 Å². The van der Waals surface area contributed by atoms with Crippen LogP contribution in [0.15, 0.2) is 67.0 Å². The minimum atomic E-state index is -4.48. The van der Waals surface area contributed by atoms with E-state index in [0.29, 0.717) is 11.3 Å². The molecule has 0 unspecified atom stereocenters. The van der Waals surface area contributed by atoms with Gasteiger partial charge in [-0.05, 0) is 36.4 Å². The zero-order chi connectivity index (χ0) is 19.3. The molecule has 0 spiro atoms. The molecule has 2 N–H and O–H groups in total. The molecule has 0 aliphatic rings. The lowest BCUT2D eigenvalue weighted by atomic mass is 10.1. The highest BCUT2D eigenvalue weighted by molar-refractivity contribution is 5.94. The smallest absolute Gasteiger partial charge is 0.346 e. The molecule has 0 radical (unpaired) electrons. The molecule has 2 aromatic heterocycles.